The average molecular weight is 424 g/mol. The van der Waals surface area contributed by atoms with Gasteiger partial charge in [0.2, 0.25) is 0 Å². The van der Waals surface area contributed by atoms with Gasteiger partial charge in [-0.1, -0.05) is 17.7 Å². The quantitative estimate of drug-likeness (QED) is 0.675. The zero-order chi connectivity index (χ0) is 21.2. The maximum Gasteiger partial charge on any atom is 0.573 e. The molecule has 7 nitrogen and oxygen atoms in total. The van der Waals surface area contributed by atoms with Crippen molar-refractivity contribution in [2.24, 2.45) is 0 Å². The van der Waals surface area contributed by atoms with Crippen LogP contribution in [0, 0.1) is 11.3 Å². The molecule has 1 aromatic heterocycles. The molecular formula is C18H13ClF3N5O2. The zero-order valence-corrected chi connectivity index (χ0v) is 15.6. The van der Waals surface area contributed by atoms with Crippen molar-refractivity contribution in [1.29, 1.82) is 5.26 Å². The number of nitriles is 1. The second-order valence-corrected chi connectivity index (χ2v) is 6.72. The Morgan fingerprint density at radius 1 is 1.24 bits per heavy atom. The zero-order valence-electron chi connectivity index (χ0n) is 14.9. The molecule has 0 saturated heterocycles. The first-order valence-corrected chi connectivity index (χ1v) is 8.55. The molecule has 2 aromatic carbocycles. The highest BCUT2D eigenvalue weighted by molar-refractivity contribution is 6.34. The molecule has 0 bridgehead atoms. The minimum Gasteiger partial charge on any atom is -0.406 e. The number of nitrogens with one attached hydrogen (secondary N) is 1. The van der Waals surface area contributed by atoms with Crippen LogP contribution in [0.25, 0.3) is 11.0 Å². The molecule has 1 N–H and O–H groups in total. The highest BCUT2D eigenvalue weighted by atomic mass is 35.5. The Hall–Kier alpha value is -3.32. The molecule has 0 fully saturated rings. The first kappa shape index (κ1) is 20.4. The second kappa shape index (κ2) is 7.60. The Kier molecular flexibility index (Phi) is 5.35. The van der Waals surface area contributed by atoms with Gasteiger partial charge >= 0.3 is 6.36 Å². The van der Waals surface area contributed by atoms with Crippen LogP contribution in [0.3, 0.4) is 0 Å². The van der Waals surface area contributed by atoms with Gasteiger partial charge in [-0.05, 0) is 43.3 Å². The van der Waals surface area contributed by atoms with E-state index in [0.717, 1.165) is 24.3 Å². The number of hydrogen-bond donors (Lipinski definition) is 1. The maximum absolute atomic E-state index is 12.4. The summed E-state index contributed by atoms with van der Waals surface area (Å²) < 4.78 is 40.4. The number of nitrogens with zero attached hydrogens (tertiary/aromatic N) is 4. The number of benzene rings is 2. The van der Waals surface area contributed by atoms with Gasteiger partial charge in [0.1, 0.15) is 22.3 Å². The van der Waals surface area contributed by atoms with Crippen LogP contribution in [-0.2, 0) is 6.54 Å². The predicted octanol–water partition coefficient (Wildman–Crippen LogP) is 3.70. The summed E-state index contributed by atoms with van der Waals surface area (Å²) >= 11 is 6.06. The summed E-state index contributed by atoms with van der Waals surface area (Å²) in [6, 6.07) is 11.4. The third-order valence-electron chi connectivity index (χ3n) is 3.85. The Balaban J connectivity index is 1.74. The number of alkyl halides is 3. The van der Waals surface area contributed by atoms with Crippen molar-refractivity contribution in [3.05, 3.63) is 53.1 Å². The topological polar surface area (TPSA) is 92.8 Å². The number of fused-ring (bicyclic) bond motifs is 1. The summed E-state index contributed by atoms with van der Waals surface area (Å²) in [5.41, 5.74) is -0.340. The molecule has 1 unspecified atom stereocenters. The first-order valence-electron chi connectivity index (χ1n) is 8.17. The van der Waals surface area contributed by atoms with Crippen LogP contribution in [0.4, 0.5) is 13.2 Å². The number of carbonyl (C=O) groups is 1. The van der Waals surface area contributed by atoms with Crippen LogP contribution in [0.2, 0.25) is 5.02 Å². The molecule has 0 spiro atoms. The van der Waals surface area contributed by atoms with Gasteiger partial charge in [-0.25, -0.2) is 0 Å². The number of halogens is 4. The smallest absolute Gasteiger partial charge is 0.406 e. The van der Waals surface area contributed by atoms with Gasteiger partial charge in [-0.2, -0.15) is 20.3 Å². The molecule has 150 valence electrons. The highest BCUT2D eigenvalue weighted by Gasteiger charge is 2.31. The predicted molar refractivity (Wildman–Crippen MR) is 97.1 cm³/mol. The first-order chi connectivity index (χ1) is 13.6. The van der Waals surface area contributed by atoms with E-state index in [1.807, 2.05) is 6.07 Å². The number of aromatic nitrogens is 3. The molecule has 29 heavy (non-hydrogen) atoms. The highest BCUT2D eigenvalue weighted by Crippen LogP contribution is 2.23. The Morgan fingerprint density at radius 2 is 1.93 bits per heavy atom. The van der Waals surface area contributed by atoms with Crippen molar-refractivity contribution in [2.75, 3.05) is 0 Å². The van der Waals surface area contributed by atoms with E-state index in [1.165, 1.54) is 11.7 Å². The molecule has 3 aromatic rings. The lowest BCUT2D eigenvalue weighted by atomic mass is 10.0. The summed E-state index contributed by atoms with van der Waals surface area (Å²) in [7, 11) is 0. The van der Waals surface area contributed by atoms with Crippen molar-refractivity contribution in [3.63, 3.8) is 0 Å². The van der Waals surface area contributed by atoms with Crippen LogP contribution >= 0.6 is 11.6 Å². The molecule has 0 aliphatic rings. The van der Waals surface area contributed by atoms with E-state index < -0.39 is 23.6 Å². The summed E-state index contributed by atoms with van der Waals surface area (Å²) in [6.45, 7) is 1.40. The van der Waals surface area contributed by atoms with Crippen molar-refractivity contribution < 1.29 is 22.7 Å². The molecule has 1 amide bonds. The lowest BCUT2D eigenvalue weighted by Crippen LogP contribution is -2.48. The number of ether oxygens (including phenoxy) is 1. The van der Waals surface area contributed by atoms with Gasteiger partial charge in [0, 0.05) is 5.56 Å². The van der Waals surface area contributed by atoms with E-state index in [-0.39, 0.29) is 12.1 Å². The van der Waals surface area contributed by atoms with Crippen molar-refractivity contribution >= 4 is 28.5 Å². The maximum atomic E-state index is 12.4. The molecule has 0 aliphatic carbocycles. The average Bonchev–Trinajstić information content (AvgIpc) is 3.04. The fraction of sp³-hybridized carbons (Fsp3) is 0.222. The van der Waals surface area contributed by atoms with Crippen molar-refractivity contribution in [3.8, 4) is 11.8 Å². The molecule has 0 radical (unpaired) electrons. The normalized spacial score (nSPS) is 13.5. The van der Waals surface area contributed by atoms with E-state index in [0.29, 0.717) is 16.1 Å². The van der Waals surface area contributed by atoms with E-state index in [1.54, 1.807) is 18.2 Å². The lowest BCUT2D eigenvalue weighted by Gasteiger charge is -2.22. The van der Waals surface area contributed by atoms with Gasteiger partial charge in [0.25, 0.3) is 5.91 Å². The SMILES string of the molecule is CC(C#N)(Cn1nc2cccc(Cl)c2n1)NC(=O)c1ccc(OC(F)(F)F)cc1. The molecule has 3 rings (SSSR count). The fourth-order valence-corrected chi connectivity index (χ4v) is 2.74. The van der Waals surface area contributed by atoms with Gasteiger partial charge < -0.3 is 10.1 Å². The van der Waals surface area contributed by atoms with Crippen LogP contribution in [-0.4, -0.2) is 32.8 Å². The number of amides is 1. The van der Waals surface area contributed by atoms with Crippen molar-refractivity contribution in [1.82, 2.24) is 20.3 Å². The summed E-state index contributed by atoms with van der Waals surface area (Å²) in [6.07, 6.45) is -4.83. The van der Waals surface area contributed by atoms with E-state index >= 15 is 0 Å². The van der Waals surface area contributed by atoms with Gasteiger partial charge in [0.05, 0.1) is 17.6 Å². The van der Waals surface area contributed by atoms with Crippen molar-refractivity contribution in [2.45, 2.75) is 25.4 Å². The Labute approximate surface area is 167 Å². The molecule has 1 atom stereocenters. The van der Waals surface area contributed by atoms with E-state index in [2.05, 4.69) is 20.3 Å². The van der Waals surface area contributed by atoms with E-state index in [4.69, 9.17) is 11.6 Å². The Bertz CT molecular complexity index is 1090. The third-order valence-corrected chi connectivity index (χ3v) is 4.15. The van der Waals surface area contributed by atoms with Crippen LogP contribution in [0.1, 0.15) is 17.3 Å². The second-order valence-electron chi connectivity index (χ2n) is 6.31. The summed E-state index contributed by atoms with van der Waals surface area (Å²) in [5, 5.41) is 20.9. The number of rotatable bonds is 5. The monoisotopic (exact) mass is 423 g/mol. The molecule has 0 saturated carbocycles. The minimum atomic E-state index is -4.83. The summed E-state index contributed by atoms with van der Waals surface area (Å²) in [4.78, 5) is 13.7. The molecule has 0 aliphatic heterocycles. The molecule has 1 heterocycles. The van der Waals surface area contributed by atoms with E-state index in [9.17, 15) is 23.2 Å². The number of hydrogen-bond acceptors (Lipinski definition) is 5. The van der Waals surface area contributed by atoms with Gasteiger partial charge in [-0.15, -0.1) is 13.2 Å². The van der Waals surface area contributed by atoms with Crippen LogP contribution < -0.4 is 10.1 Å². The van der Waals surface area contributed by atoms with Crippen LogP contribution in [0.15, 0.2) is 42.5 Å². The lowest BCUT2D eigenvalue weighted by molar-refractivity contribution is -0.274. The molecular weight excluding hydrogens is 411 g/mol. The van der Waals surface area contributed by atoms with Gasteiger partial charge in [0.15, 0.2) is 0 Å². The number of carbonyl (C=O) groups excluding carboxylic acids is 1. The summed E-state index contributed by atoms with van der Waals surface area (Å²) in [5.74, 6) is -1.11. The van der Waals surface area contributed by atoms with Gasteiger partial charge in [-0.3, -0.25) is 4.79 Å². The standard InChI is InChI=1S/C18H13ClF3N5O2/c1-17(9-23,10-27-25-14-4-2-3-13(19)15(14)26-27)24-16(28)11-5-7-12(8-6-11)29-18(20,21)22/h2-8H,10H2,1H3,(H,24,28). The molecule has 11 heteroatoms. The fourth-order valence-electron chi connectivity index (χ4n) is 2.53. The largest absolute Gasteiger partial charge is 0.573 e. The van der Waals surface area contributed by atoms with Crippen LogP contribution in [0.5, 0.6) is 5.75 Å². The minimum absolute atomic E-state index is 0.0580. The third kappa shape index (κ3) is 4.94. The Morgan fingerprint density at radius 3 is 2.52 bits per heavy atom.